The summed E-state index contributed by atoms with van der Waals surface area (Å²) in [6.45, 7) is 2.52. The maximum Gasteiger partial charge on any atom is 0.349 e. The molecule has 1 N–H and O–H groups in total. The molecule has 0 fully saturated rings. The van der Waals surface area contributed by atoms with Crippen molar-refractivity contribution in [2.45, 2.75) is 44.2 Å². The maximum absolute atomic E-state index is 12.9. The van der Waals surface area contributed by atoms with E-state index in [4.69, 9.17) is 0 Å². The van der Waals surface area contributed by atoms with E-state index in [0.717, 1.165) is 58.3 Å². The van der Waals surface area contributed by atoms with E-state index >= 15 is 0 Å². The summed E-state index contributed by atoms with van der Waals surface area (Å²) in [5.41, 5.74) is 4.94. The van der Waals surface area contributed by atoms with Crippen molar-refractivity contribution in [1.29, 1.82) is 0 Å². The molecule has 7 nitrogen and oxygen atoms in total. The van der Waals surface area contributed by atoms with E-state index in [0.29, 0.717) is 16.7 Å². The van der Waals surface area contributed by atoms with Gasteiger partial charge in [-0.15, -0.1) is 0 Å². The fourth-order valence-corrected chi connectivity index (χ4v) is 5.93. The van der Waals surface area contributed by atoms with Gasteiger partial charge in [0.15, 0.2) is 5.13 Å². The number of aryl methyl sites for hydroxylation is 1. The fraction of sp³-hybridized carbons (Fsp3) is 0.292. The van der Waals surface area contributed by atoms with Crippen LogP contribution >= 0.6 is 23.1 Å². The number of nitrogens with zero attached hydrogens (tertiary/aromatic N) is 4. The van der Waals surface area contributed by atoms with Crippen LogP contribution in [-0.2, 0) is 24.2 Å². The van der Waals surface area contributed by atoms with Gasteiger partial charge in [-0.3, -0.25) is 14.3 Å². The maximum atomic E-state index is 12.9. The van der Waals surface area contributed by atoms with E-state index in [9.17, 15) is 9.59 Å². The Labute approximate surface area is 199 Å². The third-order valence-corrected chi connectivity index (χ3v) is 7.62. The zero-order chi connectivity index (χ0) is 22.8. The Hall–Kier alpha value is -3.04. The molecule has 3 aromatic heterocycles. The highest BCUT2D eigenvalue weighted by atomic mass is 32.2. The Morgan fingerprint density at radius 3 is 2.82 bits per heavy atom. The van der Waals surface area contributed by atoms with Crippen molar-refractivity contribution in [1.82, 2.24) is 19.5 Å². The molecule has 168 valence electrons. The first-order valence-corrected chi connectivity index (χ1v) is 12.7. The van der Waals surface area contributed by atoms with Crippen molar-refractivity contribution in [3.05, 3.63) is 75.6 Å². The molecule has 1 aliphatic carbocycles. The van der Waals surface area contributed by atoms with Gasteiger partial charge in [0.05, 0.1) is 22.5 Å². The number of fused-ring (bicyclic) bond motifs is 2. The van der Waals surface area contributed by atoms with Crippen LogP contribution in [0.4, 0.5) is 5.13 Å². The first-order valence-electron chi connectivity index (χ1n) is 10.9. The molecule has 5 rings (SSSR count). The van der Waals surface area contributed by atoms with Crippen LogP contribution in [0.5, 0.6) is 0 Å². The van der Waals surface area contributed by atoms with Gasteiger partial charge in [-0.25, -0.2) is 9.78 Å². The molecule has 1 amide bonds. The second-order valence-corrected chi connectivity index (χ2v) is 10.1. The zero-order valence-electron chi connectivity index (χ0n) is 18.2. The van der Waals surface area contributed by atoms with Crippen molar-refractivity contribution in [2.24, 2.45) is 0 Å². The number of carbonyl (C=O) groups is 1. The van der Waals surface area contributed by atoms with Gasteiger partial charge in [-0.1, -0.05) is 29.2 Å². The van der Waals surface area contributed by atoms with Crippen LogP contribution in [0.3, 0.4) is 0 Å². The Morgan fingerprint density at radius 1 is 1.15 bits per heavy atom. The predicted molar refractivity (Wildman–Crippen MR) is 132 cm³/mol. The van der Waals surface area contributed by atoms with Gasteiger partial charge >= 0.3 is 5.69 Å². The number of rotatable bonds is 6. The van der Waals surface area contributed by atoms with Gasteiger partial charge in [-0.2, -0.15) is 4.98 Å². The summed E-state index contributed by atoms with van der Waals surface area (Å²) < 4.78 is 2.82. The zero-order valence-corrected chi connectivity index (χ0v) is 19.8. The lowest BCUT2D eigenvalue weighted by Gasteiger charge is -2.22. The quantitative estimate of drug-likeness (QED) is 0.330. The number of hydrogen-bond acceptors (Lipinski definition) is 7. The molecule has 0 spiro atoms. The van der Waals surface area contributed by atoms with E-state index in [-0.39, 0.29) is 17.3 Å². The van der Waals surface area contributed by atoms with Crippen LogP contribution in [0, 0.1) is 6.92 Å². The summed E-state index contributed by atoms with van der Waals surface area (Å²) in [6, 6.07) is 9.86. The standard InChI is InChI=1S/C24H23N5O2S2/c1-15-6-7-18-20(12-15)33-23(26-18)27-21(30)14-32-22-17-4-2-3-5-19(17)29(24(31)28-22)13-16-8-10-25-11-9-16/h6-12H,2-5,13-14H2,1H3,(H,26,27,30). The number of amides is 1. The van der Waals surface area contributed by atoms with Crippen LogP contribution in [-0.4, -0.2) is 31.2 Å². The normalized spacial score (nSPS) is 13.1. The molecular formula is C24H23N5O2S2. The smallest absolute Gasteiger partial charge is 0.301 e. The lowest BCUT2D eigenvalue weighted by atomic mass is 9.97. The van der Waals surface area contributed by atoms with Gasteiger partial charge in [0.25, 0.3) is 0 Å². The average molecular weight is 478 g/mol. The molecule has 4 aromatic rings. The molecule has 9 heteroatoms. The number of pyridine rings is 1. The van der Waals surface area contributed by atoms with Crippen LogP contribution in [0.2, 0.25) is 0 Å². The molecule has 1 aromatic carbocycles. The Morgan fingerprint density at radius 2 is 1.97 bits per heavy atom. The Balaban J connectivity index is 1.33. The van der Waals surface area contributed by atoms with Crippen molar-refractivity contribution < 1.29 is 4.79 Å². The first kappa shape index (κ1) is 21.8. The van der Waals surface area contributed by atoms with E-state index in [2.05, 4.69) is 26.3 Å². The third-order valence-electron chi connectivity index (χ3n) is 5.67. The van der Waals surface area contributed by atoms with E-state index < -0.39 is 0 Å². The summed E-state index contributed by atoms with van der Waals surface area (Å²) in [5, 5.41) is 4.15. The van der Waals surface area contributed by atoms with Crippen molar-refractivity contribution in [3.63, 3.8) is 0 Å². The summed E-state index contributed by atoms with van der Waals surface area (Å²) in [5.74, 6) is 0.0328. The average Bonchev–Trinajstić information content (AvgIpc) is 3.21. The van der Waals surface area contributed by atoms with Crippen LogP contribution in [0.1, 0.15) is 35.2 Å². The van der Waals surface area contributed by atoms with E-state index in [1.54, 1.807) is 17.0 Å². The number of thiazole rings is 1. The Bertz CT molecular complexity index is 1380. The van der Waals surface area contributed by atoms with E-state index in [1.807, 2.05) is 31.2 Å². The largest absolute Gasteiger partial charge is 0.349 e. The number of benzene rings is 1. The summed E-state index contributed by atoms with van der Waals surface area (Å²) in [6.07, 6.45) is 7.30. The number of anilines is 1. The minimum absolute atomic E-state index is 0.150. The van der Waals surface area contributed by atoms with Gasteiger partial charge in [-0.05, 0) is 68.0 Å². The summed E-state index contributed by atoms with van der Waals surface area (Å²) in [4.78, 5) is 38.4. The van der Waals surface area contributed by atoms with Crippen molar-refractivity contribution >= 4 is 44.4 Å². The highest BCUT2D eigenvalue weighted by molar-refractivity contribution is 8.00. The number of carbonyl (C=O) groups excluding carboxylic acids is 1. The molecular weight excluding hydrogens is 454 g/mol. The second kappa shape index (κ2) is 9.44. The molecule has 33 heavy (non-hydrogen) atoms. The van der Waals surface area contributed by atoms with Gasteiger partial charge < -0.3 is 5.32 Å². The minimum Gasteiger partial charge on any atom is -0.301 e. The third kappa shape index (κ3) is 4.84. The van der Waals surface area contributed by atoms with E-state index in [1.165, 1.54) is 23.1 Å². The summed E-state index contributed by atoms with van der Waals surface area (Å²) >= 11 is 2.80. The lowest BCUT2D eigenvalue weighted by Crippen LogP contribution is -2.30. The number of hydrogen-bond donors (Lipinski definition) is 1. The first-order chi connectivity index (χ1) is 16.1. The molecule has 0 unspecified atom stereocenters. The number of thioether (sulfide) groups is 1. The predicted octanol–water partition coefficient (Wildman–Crippen LogP) is 4.21. The molecule has 0 atom stereocenters. The molecule has 0 saturated carbocycles. The molecule has 3 heterocycles. The highest BCUT2D eigenvalue weighted by Crippen LogP contribution is 2.30. The van der Waals surface area contributed by atoms with Gasteiger partial charge in [0.2, 0.25) is 5.91 Å². The van der Waals surface area contributed by atoms with Crippen LogP contribution in [0.15, 0.2) is 52.5 Å². The van der Waals surface area contributed by atoms with Crippen molar-refractivity contribution in [2.75, 3.05) is 11.1 Å². The van der Waals surface area contributed by atoms with Crippen LogP contribution in [0.25, 0.3) is 10.2 Å². The monoisotopic (exact) mass is 477 g/mol. The topological polar surface area (TPSA) is 89.8 Å². The number of nitrogens with one attached hydrogen (secondary N) is 1. The van der Waals surface area contributed by atoms with Crippen molar-refractivity contribution in [3.8, 4) is 0 Å². The molecule has 0 saturated heterocycles. The fourth-order valence-electron chi connectivity index (χ4n) is 4.08. The number of aromatic nitrogens is 4. The minimum atomic E-state index is -0.267. The highest BCUT2D eigenvalue weighted by Gasteiger charge is 2.21. The molecule has 1 aliphatic rings. The van der Waals surface area contributed by atoms with Gasteiger partial charge in [0.1, 0.15) is 5.03 Å². The van der Waals surface area contributed by atoms with Gasteiger partial charge in [0, 0.05) is 23.7 Å². The lowest BCUT2D eigenvalue weighted by molar-refractivity contribution is -0.113. The second-order valence-electron chi connectivity index (χ2n) is 8.10. The van der Waals surface area contributed by atoms with Crippen LogP contribution < -0.4 is 11.0 Å². The molecule has 0 bridgehead atoms. The SMILES string of the molecule is Cc1ccc2nc(NC(=O)CSc3nc(=O)n(Cc4ccncc4)c4c3CCCC4)sc2c1. The summed E-state index contributed by atoms with van der Waals surface area (Å²) in [7, 11) is 0. The molecule has 0 radical (unpaired) electrons. The Kier molecular flexibility index (Phi) is 6.24. The molecule has 0 aliphatic heterocycles.